The van der Waals surface area contributed by atoms with E-state index in [0.717, 1.165) is 16.1 Å². The van der Waals surface area contributed by atoms with Gasteiger partial charge >= 0.3 is 0 Å². The smallest absolute Gasteiger partial charge is 0.244 e. The van der Waals surface area contributed by atoms with E-state index in [9.17, 15) is 18.0 Å². The Bertz CT molecular complexity index is 1320. The topological polar surface area (TPSA) is 86.8 Å². The molecule has 1 N–H and O–H groups in total. The fraction of sp³-hybridized carbons (Fsp3) is 0.231. The van der Waals surface area contributed by atoms with Gasteiger partial charge in [0, 0.05) is 30.1 Å². The summed E-state index contributed by atoms with van der Waals surface area (Å²) in [7, 11) is -2.36. The first-order valence-electron chi connectivity index (χ1n) is 11.1. The molecule has 0 aliphatic carbocycles. The van der Waals surface area contributed by atoms with Gasteiger partial charge in [0.1, 0.15) is 12.6 Å². The minimum atomic E-state index is -3.85. The van der Waals surface area contributed by atoms with Gasteiger partial charge in [-0.3, -0.25) is 13.9 Å². The molecule has 0 aromatic heterocycles. The van der Waals surface area contributed by atoms with E-state index in [4.69, 9.17) is 23.2 Å². The van der Waals surface area contributed by atoms with Crippen LogP contribution in [0.25, 0.3) is 0 Å². The van der Waals surface area contributed by atoms with E-state index in [1.54, 1.807) is 42.5 Å². The van der Waals surface area contributed by atoms with Crippen molar-refractivity contribution in [2.75, 3.05) is 24.2 Å². The first kappa shape index (κ1) is 27.5. The Morgan fingerprint density at radius 3 is 2.22 bits per heavy atom. The van der Waals surface area contributed by atoms with Gasteiger partial charge in [-0.2, -0.15) is 0 Å². The van der Waals surface area contributed by atoms with Crippen LogP contribution in [-0.2, 0) is 32.6 Å². The molecule has 10 heteroatoms. The Kier molecular flexibility index (Phi) is 9.37. The summed E-state index contributed by atoms with van der Waals surface area (Å²) in [5, 5.41) is 3.39. The van der Waals surface area contributed by atoms with Gasteiger partial charge in [-0.25, -0.2) is 8.42 Å². The minimum absolute atomic E-state index is 0.0105. The van der Waals surface area contributed by atoms with Crippen molar-refractivity contribution in [1.29, 1.82) is 0 Å². The molecule has 0 unspecified atom stereocenters. The van der Waals surface area contributed by atoms with Crippen LogP contribution in [0, 0.1) is 0 Å². The number of nitrogens with zero attached hydrogens (tertiary/aromatic N) is 2. The minimum Gasteiger partial charge on any atom is -0.357 e. The van der Waals surface area contributed by atoms with E-state index in [0.29, 0.717) is 15.6 Å². The van der Waals surface area contributed by atoms with Crippen LogP contribution in [-0.4, -0.2) is 51.0 Å². The molecule has 0 spiro atoms. The average Bonchev–Trinajstić information content (AvgIpc) is 2.85. The molecule has 3 rings (SSSR count). The van der Waals surface area contributed by atoms with Crippen LogP contribution < -0.4 is 9.62 Å². The number of carbonyl (C=O) groups excluding carboxylic acids is 2. The normalized spacial score (nSPS) is 12.0. The standard InChI is InChI=1S/C26H27Cl2N3O4S/c1-29-26(33)24(15-19-9-4-3-5-10-19)30(17-20-11-6-7-14-23(20)28)25(32)18-31(36(2,34)35)22-13-8-12-21(27)16-22/h3-14,16,24H,15,17-18H2,1-2H3,(H,29,33)/t24-/m1/s1. The number of halogens is 2. The lowest BCUT2D eigenvalue weighted by Gasteiger charge is -2.33. The van der Waals surface area contributed by atoms with Crippen LogP contribution in [0.5, 0.6) is 0 Å². The predicted molar refractivity (Wildman–Crippen MR) is 144 cm³/mol. The Hall–Kier alpha value is -3.07. The van der Waals surface area contributed by atoms with Crippen molar-refractivity contribution in [3.63, 3.8) is 0 Å². The lowest BCUT2D eigenvalue weighted by atomic mass is 10.0. The number of hydrogen-bond acceptors (Lipinski definition) is 4. The van der Waals surface area contributed by atoms with E-state index in [1.165, 1.54) is 18.0 Å². The number of rotatable bonds is 10. The first-order chi connectivity index (χ1) is 17.1. The molecule has 2 amide bonds. The third-order valence-corrected chi connectivity index (χ3v) is 7.34. The van der Waals surface area contributed by atoms with Crippen molar-refractivity contribution in [2.24, 2.45) is 0 Å². The van der Waals surface area contributed by atoms with Gasteiger partial charge in [0.2, 0.25) is 21.8 Å². The number of anilines is 1. The van der Waals surface area contributed by atoms with Crippen LogP contribution >= 0.6 is 23.2 Å². The van der Waals surface area contributed by atoms with Gasteiger partial charge in [-0.05, 0) is 35.4 Å². The van der Waals surface area contributed by atoms with Crippen LogP contribution in [0.15, 0.2) is 78.9 Å². The number of benzene rings is 3. The summed E-state index contributed by atoms with van der Waals surface area (Å²) in [5.74, 6) is -0.947. The molecule has 1 atom stereocenters. The van der Waals surface area contributed by atoms with Crippen molar-refractivity contribution in [3.8, 4) is 0 Å². The molecule has 0 bridgehead atoms. The molecule has 0 aliphatic heterocycles. The summed E-state index contributed by atoms with van der Waals surface area (Å²) in [6.07, 6.45) is 1.24. The van der Waals surface area contributed by atoms with E-state index in [2.05, 4.69) is 5.32 Å². The summed E-state index contributed by atoms with van der Waals surface area (Å²) in [4.78, 5) is 28.2. The highest BCUT2D eigenvalue weighted by atomic mass is 35.5. The van der Waals surface area contributed by atoms with Gasteiger partial charge in [-0.1, -0.05) is 77.8 Å². The number of carbonyl (C=O) groups is 2. The first-order valence-corrected chi connectivity index (χ1v) is 13.7. The Labute approximate surface area is 221 Å². The van der Waals surface area contributed by atoms with E-state index < -0.39 is 28.5 Å². The molecular weight excluding hydrogens is 521 g/mol. The van der Waals surface area contributed by atoms with Crippen LogP contribution in [0.3, 0.4) is 0 Å². The molecule has 7 nitrogen and oxygen atoms in total. The molecule has 36 heavy (non-hydrogen) atoms. The SMILES string of the molecule is CNC(=O)[C@@H](Cc1ccccc1)N(Cc1ccccc1Cl)C(=O)CN(c1cccc(Cl)c1)S(C)(=O)=O. The zero-order valence-corrected chi connectivity index (χ0v) is 22.2. The van der Waals surface area contributed by atoms with Gasteiger partial charge in [0.15, 0.2) is 0 Å². The van der Waals surface area contributed by atoms with Gasteiger partial charge in [-0.15, -0.1) is 0 Å². The van der Waals surface area contributed by atoms with Crippen molar-refractivity contribution in [3.05, 3.63) is 100 Å². The van der Waals surface area contributed by atoms with E-state index in [-0.39, 0.29) is 24.6 Å². The van der Waals surface area contributed by atoms with Crippen LogP contribution in [0.1, 0.15) is 11.1 Å². The third-order valence-electron chi connectivity index (χ3n) is 5.59. The molecule has 0 saturated carbocycles. The zero-order chi connectivity index (χ0) is 26.3. The number of likely N-dealkylation sites (N-methyl/N-ethyl adjacent to an activating group) is 1. The highest BCUT2D eigenvalue weighted by molar-refractivity contribution is 7.92. The average molecular weight is 548 g/mol. The largest absolute Gasteiger partial charge is 0.357 e. The van der Waals surface area contributed by atoms with Crippen LogP contribution in [0.4, 0.5) is 5.69 Å². The van der Waals surface area contributed by atoms with E-state index >= 15 is 0 Å². The zero-order valence-electron chi connectivity index (χ0n) is 19.9. The molecule has 3 aromatic rings. The van der Waals surface area contributed by atoms with Crippen molar-refractivity contribution in [1.82, 2.24) is 10.2 Å². The summed E-state index contributed by atoms with van der Waals surface area (Å²) in [6.45, 7) is -0.511. The van der Waals surface area contributed by atoms with Gasteiger partial charge in [0.05, 0.1) is 11.9 Å². The molecule has 3 aromatic carbocycles. The lowest BCUT2D eigenvalue weighted by Crippen LogP contribution is -2.52. The lowest BCUT2D eigenvalue weighted by molar-refractivity contribution is -0.139. The highest BCUT2D eigenvalue weighted by Gasteiger charge is 2.33. The Morgan fingerprint density at radius 2 is 1.61 bits per heavy atom. The van der Waals surface area contributed by atoms with Crippen molar-refractivity contribution >= 4 is 50.7 Å². The second-order valence-corrected chi connectivity index (χ2v) is 10.9. The molecule has 0 aliphatic rings. The summed E-state index contributed by atoms with van der Waals surface area (Å²) < 4.78 is 26.3. The fourth-order valence-electron chi connectivity index (χ4n) is 3.78. The Morgan fingerprint density at radius 1 is 0.944 bits per heavy atom. The Balaban J connectivity index is 2.04. The maximum Gasteiger partial charge on any atom is 0.244 e. The molecule has 190 valence electrons. The number of sulfonamides is 1. The molecule has 0 saturated heterocycles. The second kappa shape index (κ2) is 12.3. The predicted octanol–water partition coefficient (Wildman–Crippen LogP) is 4.15. The third kappa shape index (κ3) is 7.22. The molecular formula is C26H27Cl2N3O4S. The van der Waals surface area contributed by atoms with Crippen molar-refractivity contribution < 1.29 is 18.0 Å². The molecule has 0 radical (unpaired) electrons. The van der Waals surface area contributed by atoms with Gasteiger partial charge in [0.25, 0.3) is 0 Å². The number of hydrogen-bond donors (Lipinski definition) is 1. The second-order valence-electron chi connectivity index (χ2n) is 8.18. The quantitative estimate of drug-likeness (QED) is 0.413. The van der Waals surface area contributed by atoms with Crippen LogP contribution in [0.2, 0.25) is 10.0 Å². The maximum atomic E-state index is 13.8. The maximum absolute atomic E-state index is 13.8. The number of nitrogens with one attached hydrogen (secondary N) is 1. The van der Waals surface area contributed by atoms with Gasteiger partial charge < -0.3 is 10.2 Å². The molecule has 0 fully saturated rings. The van der Waals surface area contributed by atoms with Crippen molar-refractivity contribution in [2.45, 2.75) is 19.0 Å². The number of amides is 2. The molecule has 0 heterocycles. The summed E-state index contributed by atoms with van der Waals surface area (Å²) in [5.41, 5.74) is 1.72. The fourth-order valence-corrected chi connectivity index (χ4v) is 5.00. The van der Waals surface area contributed by atoms with E-state index in [1.807, 2.05) is 30.3 Å². The summed E-state index contributed by atoms with van der Waals surface area (Å²) >= 11 is 12.5. The highest BCUT2D eigenvalue weighted by Crippen LogP contribution is 2.24. The summed E-state index contributed by atoms with van der Waals surface area (Å²) in [6, 6.07) is 21.6. The monoisotopic (exact) mass is 547 g/mol.